The second-order valence-corrected chi connectivity index (χ2v) is 6.31. The van der Waals surface area contributed by atoms with Gasteiger partial charge in [-0.25, -0.2) is 12.7 Å². The first-order valence-electron chi connectivity index (χ1n) is 3.39. The van der Waals surface area contributed by atoms with E-state index in [-0.39, 0.29) is 0 Å². The van der Waals surface area contributed by atoms with Crippen molar-refractivity contribution in [3.63, 3.8) is 0 Å². The third-order valence-electron chi connectivity index (χ3n) is 1.41. The zero-order valence-corrected chi connectivity index (χ0v) is 9.44. The molecule has 5 heteroatoms. The van der Waals surface area contributed by atoms with Crippen LogP contribution in [0.4, 0.5) is 0 Å². The van der Waals surface area contributed by atoms with Gasteiger partial charge < -0.3 is 0 Å². The van der Waals surface area contributed by atoms with Gasteiger partial charge in [-0.15, -0.1) is 0 Å². The maximum atomic E-state index is 10.9. The van der Waals surface area contributed by atoms with Crippen LogP contribution in [-0.2, 0) is 10.0 Å². The number of hydrogen-bond acceptors (Lipinski definition) is 2. The number of halogens is 1. The first-order chi connectivity index (χ1) is 4.84. The van der Waals surface area contributed by atoms with E-state index in [2.05, 4.69) is 15.9 Å². The first-order valence-corrected chi connectivity index (χ1v) is 6.16. The van der Waals surface area contributed by atoms with E-state index in [1.807, 2.05) is 6.92 Å². The molecule has 0 heterocycles. The molecule has 0 aliphatic carbocycles. The van der Waals surface area contributed by atoms with Crippen LogP contribution in [0.25, 0.3) is 0 Å². The number of hydrogen-bond donors (Lipinski definition) is 0. The molecule has 0 fully saturated rings. The van der Waals surface area contributed by atoms with Gasteiger partial charge in [-0.2, -0.15) is 0 Å². The standard InChI is InChI=1S/C6H14BrNO2S/c1-6(7)4-5-8(2)11(3,9)10/h6H,4-5H2,1-3H3. The second-order valence-electron chi connectivity index (χ2n) is 2.65. The van der Waals surface area contributed by atoms with Crippen LogP contribution in [0.2, 0.25) is 0 Å². The van der Waals surface area contributed by atoms with E-state index in [9.17, 15) is 8.42 Å². The summed E-state index contributed by atoms with van der Waals surface area (Å²) in [4.78, 5) is 0.367. The third-order valence-corrected chi connectivity index (χ3v) is 3.18. The lowest BCUT2D eigenvalue weighted by Crippen LogP contribution is -2.27. The van der Waals surface area contributed by atoms with Gasteiger partial charge >= 0.3 is 0 Å². The van der Waals surface area contributed by atoms with Crippen molar-refractivity contribution in [2.45, 2.75) is 18.2 Å². The summed E-state index contributed by atoms with van der Waals surface area (Å²) in [6, 6.07) is 0. The molecule has 1 atom stereocenters. The topological polar surface area (TPSA) is 37.4 Å². The van der Waals surface area contributed by atoms with E-state index < -0.39 is 10.0 Å². The lowest BCUT2D eigenvalue weighted by Gasteiger charge is -2.14. The molecule has 0 aromatic carbocycles. The summed E-state index contributed by atoms with van der Waals surface area (Å²) in [6.07, 6.45) is 2.05. The molecule has 11 heavy (non-hydrogen) atoms. The molecule has 0 rings (SSSR count). The van der Waals surface area contributed by atoms with Gasteiger partial charge in [-0.3, -0.25) is 0 Å². The lowest BCUT2D eigenvalue weighted by molar-refractivity contribution is 0.467. The second kappa shape index (κ2) is 4.42. The van der Waals surface area contributed by atoms with Crippen molar-refractivity contribution < 1.29 is 8.42 Å². The molecule has 0 bridgehead atoms. The number of nitrogens with zero attached hydrogens (tertiary/aromatic N) is 1. The first kappa shape index (κ1) is 11.4. The van der Waals surface area contributed by atoms with Gasteiger partial charge in [0.1, 0.15) is 0 Å². The van der Waals surface area contributed by atoms with E-state index in [1.165, 1.54) is 10.6 Å². The summed E-state index contributed by atoms with van der Waals surface area (Å²) in [7, 11) is -1.40. The van der Waals surface area contributed by atoms with Crippen molar-refractivity contribution in [3.8, 4) is 0 Å². The molecular formula is C6H14BrNO2S. The van der Waals surface area contributed by atoms with Crippen molar-refractivity contribution in [2.75, 3.05) is 19.8 Å². The molecule has 68 valence electrons. The predicted molar refractivity (Wildman–Crippen MR) is 50.5 cm³/mol. The Hall–Kier alpha value is 0.390. The Morgan fingerprint density at radius 3 is 2.27 bits per heavy atom. The van der Waals surface area contributed by atoms with Crippen LogP contribution < -0.4 is 0 Å². The summed E-state index contributed by atoms with van der Waals surface area (Å²) < 4.78 is 23.1. The summed E-state index contributed by atoms with van der Waals surface area (Å²) in [5.41, 5.74) is 0. The SMILES string of the molecule is CC(Br)CCN(C)S(C)(=O)=O. The van der Waals surface area contributed by atoms with Crippen molar-refractivity contribution in [1.82, 2.24) is 4.31 Å². The highest BCUT2D eigenvalue weighted by Crippen LogP contribution is 2.05. The van der Waals surface area contributed by atoms with E-state index >= 15 is 0 Å². The molecule has 3 nitrogen and oxygen atoms in total. The zero-order chi connectivity index (χ0) is 9.07. The molecule has 0 saturated carbocycles. The molecule has 0 saturated heterocycles. The molecule has 0 aromatic rings. The fourth-order valence-electron chi connectivity index (χ4n) is 0.526. The van der Waals surface area contributed by atoms with Crippen LogP contribution in [0.1, 0.15) is 13.3 Å². The van der Waals surface area contributed by atoms with Crippen LogP contribution >= 0.6 is 15.9 Å². The Morgan fingerprint density at radius 2 is 2.00 bits per heavy atom. The monoisotopic (exact) mass is 243 g/mol. The van der Waals surface area contributed by atoms with E-state index in [4.69, 9.17) is 0 Å². The van der Waals surface area contributed by atoms with Crippen LogP contribution in [0.15, 0.2) is 0 Å². The van der Waals surface area contributed by atoms with Crippen LogP contribution in [-0.4, -0.2) is 37.4 Å². The maximum Gasteiger partial charge on any atom is 0.210 e. The Kier molecular flexibility index (Phi) is 4.58. The van der Waals surface area contributed by atoms with Crippen LogP contribution in [0.3, 0.4) is 0 Å². The number of rotatable bonds is 4. The molecular weight excluding hydrogens is 230 g/mol. The minimum Gasteiger partial charge on any atom is -0.213 e. The van der Waals surface area contributed by atoms with E-state index in [0.29, 0.717) is 11.4 Å². The fraction of sp³-hybridized carbons (Fsp3) is 1.00. The Labute approximate surface area is 77.0 Å². The van der Waals surface area contributed by atoms with Gasteiger partial charge in [0.2, 0.25) is 10.0 Å². The summed E-state index contributed by atoms with van der Waals surface area (Å²) >= 11 is 3.35. The highest BCUT2D eigenvalue weighted by molar-refractivity contribution is 9.09. The number of alkyl halides is 1. The molecule has 1 unspecified atom stereocenters. The van der Waals surface area contributed by atoms with Crippen LogP contribution in [0.5, 0.6) is 0 Å². The third kappa shape index (κ3) is 5.64. The van der Waals surface area contributed by atoms with Gasteiger partial charge in [-0.1, -0.05) is 22.9 Å². The van der Waals surface area contributed by atoms with Crippen molar-refractivity contribution in [3.05, 3.63) is 0 Å². The van der Waals surface area contributed by atoms with Crippen LogP contribution in [0, 0.1) is 0 Å². The molecule has 0 spiro atoms. The summed E-state index contributed by atoms with van der Waals surface area (Å²) in [6.45, 7) is 2.57. The molecule has 0 radical (unpaired) electrons. The smallest absolute Gasteiger partial charge is 0.210 e. The van der Waals surface area contributed by atoms with Gasteiger partial charge in [0, 0.05) is 18.4 Å². The maximum absolute atomic E-state index is 10.9. The Balaban J connectivity index is 3.81. The van der Waals surface area contributed by atoms with Crippen molar-refractivity contribution >= 4 is 26.0 Å². The zero-order valence-electron chi connectivity index (χ0n) is 7.04. The molecule has 0 N–H and O–H groups in total. The molecule has 0 aliphatic rings. The van der Waals surface area contributed by atoms with E-state index in [1.54, 1.807) is 7.05 Å². The van der Waals surface area contributed by atoms with Gasteiger partial charge in [-0.05, 0) is 6.42 Å². The highest BCUT2D eigenvalue weighted by atomic mass is 79.9. The van der Waals surface area contributed by atoms with E-state index in [0.717, 1.165) is 6.42 Å². The summed E-state index contributed by atoms with van der Waals surface area (Å²) in [5.74, 6) is 0. The highest BCUT2D eigenvalue weighted by Gasteiger charge is 2.10. The average molecular weight is 244 g/mol. The van der Waals surface area contributed by atoms with Gasteiger partial charge in [0.15, 0.2) is 0 Å². The molecule has 0 amide bonds. The summed E-state index contributed by atoms with van der Waals surface area (Å²) in [5, 5.41) is 0. The average Bonchev–Trinajstić information content (AvgIpc) is 1.80. The minimum absolute atomic E-state index is 0.367. The lowest BCUT2D eigenvalue weighted by atomic mass is 10.3. The normalized spacial score (nSPS) is 15.4. The number of sulfonamides is 1. The quantitative estimate of drug-likeness (QED) is 0.693. The Bertz CT molecular complexity index is 201. The minimum atomic E-state index is -2.99. The Morgan fingerprint density at radius 1 is 1.55 bits per heavy atom. The van der Waals surface area contributed by atoms with Gasteiger partial charge in [0.25, 0.3) is 0 Å². The molecule has 0 aliphatic heterocycles. The molecule has 0 aromatic heterocycles. The van der Waals surface area contributed by atoms with Gasteiger partial charge in [0.05, 0.1) is 6.26 Å². The van der Waals surface area contributed by atoms with Crippen molar-refractivity contribution in [2.24, 2.45) is 0 Å². The fourth-order valence-corrected chi connectivity index (χ4v) is 1.17. The van der Waals surface area contributed by atoms with Crippen molar-refractivity contribution in [1.29, 1.82) is 0 Å². The predicted octanol–water partition coefficient (Wildman–Crippen LogP) is 1.05. The largest absolute Gasteiger partial charge is 0.213 e.